The number of hydrogen-bond acceptors (Lipinski definition) is 3. The van der Waals surface area contributed by atoms with Gasteiger partial charge in [-0.3, -0.25) is 0 Å². The summed E-state index contributed by atoms with van der Waals surface area (Å²) in [5.41, 5.74) is 1.17. The van der Waals surface area contributed by atoms with E-state index < -0.39 is 14.5 Å². The molecule has 114 valence electrons. The molecule has 0 unspecified atom stereocenters. The van der Waals surface area contributed by atoms with E-state index in [2.05, 4.69) is 41.5 Å². The van der Waals surface area contributed by atoms with Gasteiger partial charge in [-0.15, -0.1) is 0 Å². The van der Waals surface area contributed by atoms with E-state index in [1.165, 1.54) is 0 Å². The Morgan fingerprint density at radius 3 is 1.53 bits per heavy atom. The van der Waals surface area contributed by atoms with Crippen LogP contribution in [0.4, 0.5) is 4.79 Å². The van der Waals surface area contributed by atoms with Crippen molar-refractivity contribution in [3.8, 4) is 0 Å². The Bertz CT molecular complexity index is 249. The van der Waals surface area contributed by atoms with Gasteiger partial charge in [0, 0.05) is 0 Å². The van der Waals surface area contributed by atoms with Crippen LogP contribution >= 0.6 is 0 Å². The lowest BCUT2D eigenvalue weighted by Gasteiger charge is -2.40. The van der Waals surface area contributed by atoms with E-state index in [-0.39, 0.29) is 6.10 Å². The molecule has 0 N–H and O–H groups in total. The van der Waals surface area contributed by atoms with E-state index in [9.17, 15) is 4.79 Å². The molecule has 19 heavy (non-hydrogen) atoms. The van der Waals surface area contributed by atoms with E-state index in [4.69, 9.17) is 9.16 Å². The second kappa shape index (κ2) is 7.93. The number of hydrogen-bond donors (Lipinski definition) is 0. The lowest BCUT2D eigenvalue weighted by molar-refractivity contribution is 0.0502. The molecule has 0 bridgehead atoms. The first kappa shape index (κ1) is 18.5. The molecule has 0 spiro atoms. The Morgan fingerprint density at radius 2 is 1.26 bits per heavy atom. The highest BCUT2D eigenvalue weighted by Gasteiger charge is 2.48. The van der Waals surface area contributed by atoms with Crippen LogP contribution in [0.5, 0.6) is 0 Å². The van der Waals surface area contributed by atoms with Gasteiger partial charge in [-0.05, 0) is 29.5 Å². The minimum Gasteiger partial charge on any atom is -0.488 e. The third kappa shape index (κ3) is 4.51. The van der Waals surface area contributed by atoms with E-state index in [1.807, 2.05) is 13.8 Å². The van der Waals surface area contributed by atoms with Gasteiger partial charge in [0.15, 0.2) is 0 Å². The second-order valence-corrected chi connectivity index (χ2v) is 11.6. The number of carbonyl (C=O) groups is 1. The van der Waals surface area contributed by atoms with Crippen LogP contribution in [-0.4, -0.2) is 20.6 Å². The van der Waals surface area contributed by atoms with E-state index in [0.717, 1.165) is 12.8 Å². The van der Waals surface area contributed by atoms with Crippen LogP contribution in [0.3, 0.4) is 0 Å². The third-order valence-corrected chi connectivity index (χ3v) is 10.1. The van der Waals surface area contributed by atoms with Gasteiger partial charge in [0.05, 0.1) is 0 Å². The molecule has 0 heterocycles. The lowest BCUT2D eigenvalue weighted by Crippen LogP contribution is -2.49. The van der Waals surface area contributed by atoms with Crippen molar-refractivity contribution in [3.05, 3.63) is 0 Å². The van der Waals surface area contributed by atoms with Gasteiger partial charge in [0.2, 0.25) is 0 Å². The molecule has 4 heteroatoms. The van der Waals surface area contributed by atoms with Crippen LogP contribution in [0.2, 0.25) is 16.6 Å². The van der Waals surface area contributed by atoms with Crippen molar-refractivity contribution in [1.82, 2.24) is 0 Å². The van der Waals surface area contributed by atoms with Gasteiger partial charge < -0.3 is 9.16 Å². The fraction of sp³-hybridized carbons (Fsp3) is 0.933. The van der Waals surface area contributed by atoms with Crippen LogP contribution in [0.25, 0.3) is 0 Å². The highest BCUT2D eigenvalue weighted by molar-refractivity contribution is 6.78. The van der Waals surface area contributed by atoms with E-state index in [0.29, 0.717) is 16.6 Å². The number of rotatable bonds is 7. The molecule has 0 saturated carbocycles. The average molecular weight is 289 g/mol. The van der Waals surface area contributed by atoms with Crippen molar-refractivity contribution in [2.75, 3.05) is 0 Å². The zero-order chi connectivity index (χ0) is 15.2. The second-order valence-electron chi connectivity index (χ2n) is 6.23. The molecule has 0 rings (SSSR count). The minimum atomic E-state index is -2.16. The molecule has 0 aliphatic carbocycles. The maximum atomic E-state index is 12.1. The predicted molar refractivity (Wildman–Crippen MR) is 83.0 cm³/mol. The van der Waals surface area contributed by atoms with Crippen LogP contribution in [-0.2, 0) is 9.16 Å². The first-order chi connectivity index (χ1) is 8.72. The molecular formula is C15H32O3Si. The van der Waals surface area contributed by atoms with Crippen molar-refractivity contribution in [3.63, 3.8) is 0 Å². The summed E-state index contributed by atoms with van der Waals surface area (Å²) in [6.07, 6.45) is 1.19. The first-order valence-electron chi connectivity index (χ1n) is 7.61. The van der Waals surface area contributed by atoms with E-state index >= 15 is 0 Å². The van der Waals surface area contributed by atoms with Crippen LogP contribution < -0.4 is 0 Å². The van der Waals surface area contributed by atoms with Gasteiger partial charge in [-0.2, -0.15) is 0 Å². The Balaban J connectivity index is 4.97. The van der Waals surface area contributed by atoms with Crippen molar-refractivity contribution >= 4 is 14.5 Å². The smallest absolute Gasteiger partial charge is 0.488 e. The van der Waals surface area contributed by atoms with Gasteiger partial charge in [0.25, 0.3) is 8.32 Å². The molecule has 0 aliphatic rings. The van der Waals surface area contributed by atoms with Crippen LogP contribution in [0.1, 0.15) is 68.2 Å². The molecule has 0 aromatic rings. The quantitative estimate of drug-likeness (QED) is 0.458. The zero-order valence-electron chi connectivity index (χ0n) is 13.9. The van der Waals surface area contributed by atoms with Crippen molar-refractivity contribution < 1.29 is 14.0 Å². The standard InChI is InChI=1S/C15H32O3Si/c1-9-14(10-2)17-15(16)18-19(11(3)4,12(5)6)13(7)8/h11-14H,9-10H2,1-8H3. The van der Waals surface area contributed by atoms with Crippen molar-refractivity contribution in [2.45, 2.75) is 91.0 Å². The highest BCUT2D eigenvalue weighted by Crippen LogP contribution is 2.42. The molecule has 0 atom stereocenters. The molecule has 0 radical (unpaired) electrons. The summed E-state index contributed by atoms with van der Waals surface area (Å²) in [4.78, 5) is 12.1. The Labute approximate surface area is 120 Å². The average Bonchev–Trinajstić information content (AvgIpc) is 2.31. The number of carbonyl (C=O) groups excluding carboxylic acids is 1. The highest BCUT2D eigenvalue weighted by atomic mass is 28.4. The Kier molecular flexibility index (Phi) is 7.71. The topological polar surface area (TPSA) is 35.5 Å². The fourth-order valence-electron chi connectivity index (χ4n) is 3.11. The Hall–Kier alpha value is -0.513. The molecule has 0 saturated heterocycles. The molecule has 0 fully saturated rings. The zero-order valence-corrected chi connectivity index (χ0v) is 14.9. The summed E-state index contributed by atoms with van der Waals surface area (Å²) < 4.78 is 11.4. The predicted octanol–water partition coefficient (Wildman–Crippen LogP) is 5.50. The summed E-state index contributed by atoms with van der Waals surface area (Å²) >= 11 is 0. The lowest BCUT2D eigenvalue weighted by atomic mass is 10.2. The summed E-state index contributed by atoms with van der Waals surface area (Å²) in [6, 6.07) is 0. The van der Waals surface area contributed by atoms with Gasteiger partial charge in [-0.1, -0.05) is 55.4 Å². The minimum absolute atomic E-state index is 0.0225. The number of ether oxygens (including phenoxy) is 1. The summed E-state index contributed by atoms with van der Waals surface area (Å²) in [7, 11) is -2.16. The molecule has 3 nitrogen and oxygen atoms in total. The molecule has 0 aromatic heterocycles. The van der Waals surface area contributed by atoms with Gasteiger partial charge >= 0.3 is 6.16 Å². The largest absolute Gasteiger partial charge is 0.494 e. The normalized spacial score (nSPS) is 12.6. The molecule has 0 aliphatic heterocycles. The SMILES string of the molecule is CCC(CC)OC(=O)O[Si](C(C)C)(C(C)C)C(C)C. The van der Waals surface area contributed by atoms with Crippen LogP contribution in [0, 0.1) is 0 Å². The van der Waals surface area contributed by atoms with Gasteiger partial charge in [0.1, 0.15) is 6.10 Å². The maximum Gasteiger partial charge on any atom is 0.494 e. The molecule has 0 amide bonds. The van der Waals surface area contributed by atoms with Gasteiger partial charge in [-0.25, -0.2) is 4.79 Å². The first-order valence-corrected chi connectivity index (χ1v) is 9.75. The fourth-order valence-corrected chi connectivity index (χ4v) is 8.16. The molecular weight excluding hydrogens is 256 g/mol. The monoisotopic (exact) mass is 288 g/mol. The molecule has 0 aromatic carbocycles. The summed E-state index contributed by atoms with van der Waals surface area (Å²) in [5, 5.41) is 0. The van der Waals surface area contributed by atoms with Crippen molar-refractivity contribution in [1.29, 1.82) is 0 Å². The van der Waals surface area contributed by atoms with Crippen LogP contribution in [0.15, 0.2) is 0 Å². The van der Waals surface area contributed by atoms with Crippen molar-refractivity contribution in [2.24, 2.45) is 0 Å². The Morgan fingerprint density at radius 1 is 0.895 bits per heavy atom. The summed E-state index contributed by atoms with van der Waals surface area (Å²) in [5.74, 6) is 0. The third-order valence-electron chi connectivity index (χ3n) is 4.14. The summed E-state index contributed by atoms with van der Waals surface area (Å²) in [6.45, 7) is 17.0. The maximum absolute atomic E-state index is 12.1. The van der Waals surface area contributed by atoms with E-state index in [1.54, 1.807) is 0 Å².